The second kappa shape index (κ2) is 8.41. The van der Waals surface area contributed by atoms with Crippen LogP contribution in [-0.4, -0.2) is 62.1 Å². The Hall–Kier alpha value is -0.0400. The highest BCUT2D eigenvalue weighted by atomic mass is 127. The Kier molecular flexibility index (Phi) is 7.58. The van der Waals surface area contributed by atoms with Crippen LogP contribution in [0.3, 0.4) is 0 Å². The maximum atomic E-state index is 4.43. The number of rotatable bonds is 3. The van der Waals surface area contributed by atoms with Gasteiger partial charge in [-0.3, -0.25) is 4.99 Å². The van der Waals surface area contributed by atoms with E-state index in [1.165, 1.54) is 38.8 Å². The predicted octanol–water partition coefficient (Wildman–Crippen LogP) is 2.40. The van der Waals surface area contributed by atoms with Gasteiger partial charge in [-0.25, -0.2) is 0 Å². The summed E-state index contributed by atoms with van der Waals surface area (Å²) in [6, 6.07) is 0. The summed E-state index contributed by atoms with van der Waals surface area (Å²) in [5.74, 6) is 1.09. The molecular weight excluding hydrogens is 363 g/mol. The Labute approximate surface area is 141 Å². The molecule has 0 saturated carbocycles. The molecule has 2 saturated heterocycles. The highest BCUT2D eigenvalue weighted by Gasteiger charge is 2.30. The SMILES string of the molecule is CN=C(NCCN1CCCCC1)N1CCC(C)(C)C1.I. The lowest BCUT2D eigenvalue weighted by molar-refractivity contribution is 0.231. The largest absolute Gasteiger partial charge is 0.355 e. The summed E-state index contributed by atoms with van der Waals surface area (Å²) in [7, 11) is 1.90. The maximum Gasteiger partial charge on any atom is 0.193 e. The van der Waals surface area contributed by atoms with Gasteiger partial charge in [0.15, 0.2) is 5.96 Å². The van der Waals surface area contributed by atoms with Gasteiger partial charge in [-0.15, -0.1) is 24.0 Å². The molecule has 2 heterocycles. The Balaban J connectivity index is 0.00000200. The van der Waals surface area contributed by atoms with Gasteiger partial charge < -0.3 is 15.1 Å². The van der Waals surface area contributed by atoms with Gasteiger partial charge in [-0.2, -0.15) is 0 Å². The second-order valence-corrected chi connectivity index (χ2v) is 6.71. The summed E-state index contributed by atoms with van der Waals surface area (Å²) in [5.41, 5.74) is 0.435. The van der Waals surface area contributed by atoms with E-state index in [4.69, 9.17) is 0 Å². The molecule has 0 atom stereocenters. The molecule has 118 valence electrons. The molecule has 2 fully saturated rings. The van der Waals surface area contributed by atoms with Crippen LogP contribution in [0.25, 0.3) is 0 Å². The molecule has 0 radical (unpaired) electrons. The molecule has 0 aromatic carbocycles. The summed E-state index contributed by atoms with van der Waals surface area (Å²) in [5, 5.41) is 3.53. The molecule has 0 unspecified atom stereocenters. The van der Waals surface area contributed by atoms with E-state index in [0.29, 0.717) is 5.41 Å². The number of halogens is 1. The minimum absolute atomic E-state index is 0. The van der Waals surface area contributed by atoms with E-state index < -0.39 is 0 Å². The third-order valence-corrected chi connectivity index (χ3v) is 4.35. The van der Waals surface area contributed by atoms with Crippen molar-refractivity contribution in [3.63, 3.8) is 0 Å². The maximum absolute atomic E-state index is 4.43. The van der Waals surface area contributed by atoms with Crippen molar-refractivity contribution in [2.45, 2.75) is 39.5 Å². The Morgan fingerprint density at radius 1 is 1.15 bits per heavy atom. The zero-order chi connectivity index (χ0) is 13.7. The van der Waals surface area contributed by atoms with Crippen molar-refractivity contribution < 1.29 is 0 Å². The fourth-order valence-corrected chi connectivity index (χ4v) is 3.13. The van der Waals surface area contributed by atoms with Gasteiger partial charge in [0.1, 0.15) is 0 Å². The van der Waals surface area contributed by atoms with Crippen molar-refractivity contribution in [1.82, 2.24) is 15.1 Å². The fraction of sp³-hybridized carbons (Fsp3) is 0.933. The van der Waals surface area contributed by atoms with Gasteiger partial charge in [0.25, 0.3) is 0 Å². The molecule has 2 aliphatic rings. The highest BCUT2D eigenvalue weighted by Crippen LogP contribution is 2.28. The molecule has 5 heteroatoms. The van der Waals surface area contributed by atoms with Crippen LogP contribution < -0.4 is 5.32 Å². The van der Waals surface area contributed by atoms with E-state index in [9.17, 15) is 0 Å². The van der Waals surface area contributed by atoms with E-state index >= 15 is 0 Å². The third-order valence-electron chi connectivity index (χ3n) is 4.35. The van der Waals surface area contributed by atoms with Gasteiger partial charge in [0, 0.05) is 33.2 Å². The Morgan fingerprint density at radius 3 is 2.40 bits per heavy atom. The highest BCUT2D eigenvalue weighted by molar-refractivity contribution is 14.0. The molecule has 0 aliphatic carbocycles. The Morgan fingerprint density at radius 2 is 1.85 bits per heavy atom. The van der Waals surface area contributed by atoms with E-state index in [1.54, 1.807) is 0 Å². The molecule has 20 heavy (non-hydrogen) atoms. The lowest BCUT2D eigenvalue weighted by Gasteiger charge is -2.28. The zero-order valence-corrected chi connectivity index (χ0v) is 15.7. The van der Waals surface area contributed by atoms with E-state index in [-0.39, 0.29) is 24.0 Å². The van der Waals surface area contributed by atoms with Gasteiger partial charge in [-0.05, 0) is 37.8 Å². The van der Waals surface area contributed by atoms with Crippen LogP contribution in [0.4, 0.5) is 0 Å². The van der Waals surface area contributed by atoms with Crippen LogP contribution in [0.5, 0.6) is 0 Å². The number of hydrogen-bond donors (Lipinski definition) is 1. The van der Waals surface area contributed by atoms with Gasteiger partial charge in [0.05, 0.1) is 0 Å². The number of aliphatic imine (C=N–C) groups is 1. The molecule has 1 N–H and O–H groups in total. The number of guanidine groups is 1. The van der Waals surface area contributed by atoms with Crippen LogP contribution in [0.1, 0.15) is 39.5 Å². The molecular formula is C15H31IN4. The Bertz CT molecular complexity index is 311. The van der Waals surface area contributed by atoms with Crippen LogP contribution in [0, 0.1) is 5.41 Å². The van der Waals surface area contributed by atoms with Crippen molar-refractivity contribution >= 4 is 29.9 Å². The first-order valence-electron chi connectivity index (χ1n) is 7.79. The fourth-order valence-electron chi connectivity index (χ4n) is 3.13. The second-order valence-electron chi connectivity index (χ2n) is 6.71. The average molecular weight is 394 g/mol. The predicted molar refractivity (Wildman–Crippen MR) is 97.0 cm³/mol. The standard InChI is InChI=1S/C15H30N4.HI/c1-15(2)7-11-19(13-15)14(16-3)17-8-12-18-9-5-4-6-10-18;/h4-13H2,1-3H3,(H,16,17);1H. The lowest BCUT2D eigenvalue weighted by atomic mass is 9.93. The van der Waals surface area contributed by atoms with Gasteiger partial charge >= 0.3 is 0 Å². The van der Waals surface area contributed by atoms with E-state index in [0.717, 1.165) is 32.1 Å². The number of likely N-dealkylation sites (tertiary alicyclic amines) is 2. The quantitative estimate of drug-likeness (QED) is 0.453. The van der Waals surface area contributed by atoms with Crippen LogP contribution in [0.15, 0.2) is 4.99 Å². The molecule has 0 aromatic rings. The number of nitrogens with one attached hydrogen (secondary N) is 1. The molecule has 0 aromatic heterocycles. The minimum Gasteiger partial charge on any atom is -0.355 e. The molecule has 0 amide bonds. The van der Waals surface area contributed by atoms with Crippen molar-refractivity contribution in [3.05, 3.63) is 0 Å². The van der Waals surface area contributed by atoms with E-state index in [1.807, 2.05) is 7.05 Å². The summed E-state index contributed by atoms with van der Waals surface area (Å²) in [6.07, 6.45) is 5.42. The summed E-state index contributed by atoms with van der Waals surface area (Å²) in [4.78, 5) is 9.40. The van der Waals surface area contributed by atoms with Crippen molar-refractivity contribution in [2.24, 2.45) is 10.4 Å². The molecule has 2 rings (SSSR count). The summed E-state index contributed by atoms with van der Waals surface area (Å²) < 4.78 is 0. The van der Waals surface area contributed by atoms with Crippen LogP contribution in [-0.2, 0) is 0 Å². The minimum atomic E-state index is 0. The lowest BCUT2D eigenvalue weighted by Crippen LogP contribution is -2.44. The normalized spacial score (nSPS) is 23.6. The van der Waals surface area contributed by atoms with Crippen molar-refractivity contribution in [2.75, 3.05) is 46.3 Å². The number of hydrogen-bond acceptors (Lipinski definition) is 2. The summed E-state index contributed by atoms with van der Waals surface area (Å²) in [6.45, 7) is 11.7. The topological polar surface area (TPSA) is 30.9 Å². The summed E-state index contributed by atoms with van der Waals surface area (Å²) >= 11 is 0. The van der Waals surface area contributed by atoms with Gasteiger partial charge in [-0.1, -0.05) is 20.3 Å². The molecule has 0 spiro atoms. The molecule has 4 nitrogen and oxygen atoms in total. The first-order chi connectivity index (χ1) is 9.11. The van der Waals surface area contributed by atoms with Crippen LogP contribution >= 0.6 is 24.0 Å². The third kappa shape index (κ3) is 5.39. The average Bonchev–Trinajstić information content (AvgIpc) is 2.76. The number of piperidine rings is 1. The monoisotopic (exact) mass is 394 g/mol. The molecule has 0 bridgehead atoms. The first kappa shape index (κ1) is 18.0. The van der Waals surface area contributed by atoms with Crippen LogP contribution in [0.2, 0.25) is 0 Å². The molecule has 2 aliphatic heterocycles. The van der Waals surface area contributed by atoms with Gasteiger partial charge in [0.2, 0.25) is 0 Å². The first-order valence-corrected chi connectivity index (χ1v) is 7.79. The van der Waals surface area contributed by atoms with Crippen molar-refractivity contribution in [1.29, 1.82) is 0 Å². The van der Waals surface area contributed by atoms with E-state index in [2.05, 4.69) is 34.0 Å². The smallest absolute Gasteiger partial charge is 0.193 e. The number of nitrogens with zero attached hydrogens (tertiary/aromatic N) is 3. The van der Waals surface area contributed by atoms with Crippen molar-refractivity contribution in [3.8, 4) is 0 Å². The zero-order valence-electron chi connectivity index (χ0n) is 13.3.